The number of aromatic nitrogens is 3. The molecule has 2 amide bonds. The van der Waals surface area contributed by atoms with E-state index in [1.54, 1.807) is 20.8 Å². The minimum atomic E-state index is -4.61. The van der Waals surface area contributed by atoms with Crippen molar-refractivity contribution in [2.45, 2.75) is 69.0 Å². The fourth-order valence-corrected chi connectivity index (χ4v) is 5.73. The van der Waals surface area contributed by atoms with Gasteiger partial charge in [0.2, 0.25) is 0 Å². The highest BCUT2D eigenvalue weighted by atomic mass is 32.2. The largest absolute Gasteiger partial charge is 0.598 e. The molecule has 3 heterocycles. The summed E-state index contributed by atoms with van der Waals surface area (Å²) in [5, 5.41) is 16.4. The monoisotopic (exact) mass is 624 g/mol. The maximum atomic E-state index is 14.1. The topological polar surface area (TPSA) is 144 Å². The Kier molecular flexibility index (Phi) is 8.72. The second-order valence-electron chi connectivity index (χ2n) is 11.8. The molecule has 1 saturated carbocycles. The number of hydrogen-bond acceptors (Lipinski definition) is 7. The molecule has 0 radical (unpaired) electrons. The van der Waals surface area contributed by atoms with Crippen LogP contribution < -0.4 is 10.0 Å². The van der Waals surface area contributed by atoms with Crippen LogP contribution in [0.5, 0.6) is 0 Å². The van der Waals surface area contributed by atoms with Crippen molar-refractivity contribution in [1.82, 2.24) is 29.5 Å². The summed E-state index contributed by atoms with van der Waals surface area (Å²) in [5.74, 6) is -6.36. The quantitative estimate of drug-likeness (QED) is 0.254. The number of halogens is 5. The number of hydrogen-bond donors (Lipinski definition) is 3. The molecule has 0 bridgehead atoms. The van der Waals surface area contributed by atoms with Crippen LogP contribution in [0.3, 0.4) is 0 Å². The first-order valence-corrected chi connectivity index (χ1v) is 14.3. The Hall–Kier alpha value is -2.76. The van der Waals surface area contributed by atoms with Crippen molar-refractivity contribution in [3.8, 4) is 0 Å². The number of carboxylic acid groups (broad SMARTS) is 1. The molecule has 2 aromatic heterocycles. The van der Waals surface area contributed by atoms with E-state index in [-0.39, 0.29) is 36.4 Å². The number of fused-ring (bicyclic) bond motifs is 1. The average Bonchev–Trinajstić information content (AvgIpc) is 3.56. The Morgan fingerprint density at radius 3 is 2.52 bits per heavy atom. The Morgan fingerprint density at radius 1 is 1.31 bits per heavy atom. The first-order chi connectivity index (χ1) is 19.4. The molecule has 2 aromatic rings. The molecule has 0 aromatic carbocycles. The molecule has 234 valence electrons. The number of carbonyl (C=O) groups is 2. The zero-order valence-corrected chi connectivity index (χ0v) is 24.2. The SMILES string of the molecule is COC[C@@H](c1cnn2cc([C@@H](N[S+]([O-])C(C)(C)C)[C@H](CC3(C(F)(F)F)CC3)C(=O)O)nc2c1)N1CC(F)(F)CNC1=O. The van der Waals surface area contributed by atoms with Crippen molar-refractivity contribution in [1.29, 1.82) is 0 Å². The summed E-state index contributed by atoms with van der Waals surface area (Å²) >= 11 is -1.89. The standard InChI is InChI=1S/C25H33F5N6O5S/c1-22(2,3)42(40)34-19(15(20(37)38)8-23(5-6-23)25(28,29)30)16-10-36-18(33-16)7-14(9-32-36)17(11-41-4)35-13-24(26,27)12-31-21(35)39/h7,9-10,15,17,19,34H,5-6,8,11-13H2,1-4H3,(H,31,39)(H,37,38)/t15-,17-,19-,42?/m0/s1. The summed E-state index contributed by atoms with van der Waals surface area (Å²) < 4.78 is 91.0. The summed E-state index contributed by atoms with van der Waals surface area (Å²) in [7, 11) is 1.33. The van der Waals surface area contributed by atoms with Crippen LogP contribution in [0.2, 0.25) is 0 Å². The summed E-state index contributed by atoms with van der Waals surface area (Å²) in [6.45, 7) is 3.01. The number of methoxy groups -OCH3 is 1. The molecule has 17 heteroatoms. The van der Waals surface area contributed by atoms with Crippen LogP contribution in [0.1, 0.15) is 63.4 Å². The number of nitrogens with one attached hydrogen (secondary N) is 2. The number of amides is 2. The number of carbonyl (C=O) groups excluding carboxylic acids is 1. The van der Waals surface area contributed by atoms with Crippen LogP contribution in [0.25, 0.3) is 5.65 Å². The molecule has 11 nitrogen and oxygen atoms in total. The molecule has 1 saturated heterocycles. The number of nitrogens with zero attached hydrogens (tertiary/aromatic N) is 4. The highest BCUT2D eigenvalue weighted by Gasteiger charge is 2.64. The first kappa shape index (κ1) is 32.2. The predicted octanol–water partition coefficient (Wildman–Crippen LogP) is 3.60. The lowest BCUT2D eigenvalue weighted by atomic mass is 9.85. The molecular weight excluding hydrogens is 591 g/mol. The zero-order chi connectivity index (χ0) is 31.3. The van der Waals surface area contributed by atoms with E-state index in [1.165, 1.54) is 30.1 Å². The first-order valence-electron chi connectivity index (χ1n) is 13.1. The van der Waals surface area contributed by atoms with Gasteiger partial charge in [0.05, 0.1) is 55.2 Å². The number of urea groups is 1. The molecule has 0 spiro atoms. The molecule has 2 fully saturated rings. The maximum Gasteiger partial charge on any atom is 0.394 e. The van der Waals surface area contributed by atoms with Gasteiger partial charge in [-0.25, -0.2) is 23.1 Å². The number of alkyl halides is 5. The van der Waals surface area contributed by atoms with E-state index in [2.05, 4.69) is 20.1 Å². The van der Waals surface area contributed by atoms with Crippen molar-refractivity contribution >= 4 is 29.0 Å². The fraction of sp³-hybridized carbons (Fsp3) is 0.680. The Labute approximate surface area is 241 Å². The van der Waals surface area contributed by atoms with Gasteiger partial charge in [-0.1, -0.05) is 0 Å². The van der Waals surface area contributed by atoms with Gasteiger partial charge in [-0.15, -0.1) is 4.72 Å². The second kappa shape index (κ2) is 11.4. The summed E-state index contributed by atoms with van der Waals surface area (Å²) in [6, 6.07) is -1.68. The Bertz CT molecular complexity index is 1310. The lowest BCUT2D eigenvalue weighted by Crippen LogP contribution is -2.58. The number of imidazole rings is 1. The molecule has 1 unspecified atom stereocenters. The lowest BCUT2D eigenvalue weighted by molar-refractivity contribution is -0.194. The number of carboxylic acids is 1. The van der Waals surface area contributed by atoms with E-state index in [0.717, 1.165) is 4.90 Å². The molecule has 2 aliphatic rings. The molecule has 1 aliphatic heterocycles. The molecule has 4 atom stereocenters. The molecule has 3 N–H and O–H groups in total. The minimum absolute atomic E-state index is 0.0202. The van der Waals surface area contributed by atoms with Crippen LogP contribution in [0.4, 0.5) is 26.7 Å². The van der Waals surface area contributed by atoms with Crippen molar-refractivity contribution in [2.24, 2.45) is 11.3 Å². The van der Waals surface area contributed by atoms with Gasteiger partial charge in [0.15, 0.2) is 5.65 Å². The highest BCUT2D eigenvalue weighted by Crippen LogP contribution is 2.62. The minimum Gasteiger partial charge on any atom is -0.598 e. The third-order valence-corrected chi connectivity index (χ3v) is 9.08. The predicted molar refractivity (Wildman–Crippen MR) is 140 cm³/mol. The van der Waals surface area contributed by atoms with Gasteiger partial charge in [0.25, 0.3) is 5.92 Å². The van der Waals surface area contributed by atoms with Gasteiger partial charge >= 0.3 is 18.2 Å². The third-order valence-electron chi connectivity index (χ3n) is 7.50. The third kappa shape index (κ3) is 6.73. The van der Waals surface area contributed by atoms with Crippen LogP contribution in [0.15, 0.2) is 18.5 Å². The van der Waals surface area contributed by atoms with Gasteiger partial charge in [-0.2, -0.15) is 18.3 Å². The van der Waals surface area contributed by atoms with Crippen LogP contribution >= 0.6 is 0 Å². The normalized spacial score (nSPS) is 21.5. The molecule has 1 aliphatic carbocycles. The number of rotatable bonds is 11. The van der Waals surface area contributed by atoms with Gasteiger partial charge in [0, 0.05) is 24.0 Å². The van der Waals surface area contributed by atoms with E-state index in [0.29, 0.717) is 0 Å². The van der Waals surface area contributed by atoms with Gasteiger partial charge in [-0.05, 0) is 46.1 Å². The molecule has 4 rings (SSSR count). The number of ether oxygens (including phenoxy) is 1. The van der Waals surface area contributed by atoms with E-state index in [4.69, 9.17) is 4.74 Å². The number of aliphatic carboxylic acids is 1. The average molecular weight is 625 g/mol. The maximum absolute atomic E-state index is 14.1. The second-order valence-corrected chi connectivity index (χ2v) is 13.8. The summed E-state index contributed by atoms with van der Waals surface area (Å²) in [5.41, 5.74) is -1.80. The van der Waals surface area contributed by atoms with E-state index >= 15 is 0 Å². The smallest absolute Gasteiger partial charge is 0.394 e. The van der Waals surface area contributed by atoms with Crippen molar-refractivity contribution in [3.63, 3.8) is 0 Å². The lowest BCUT2D eigenvalue weighted by Gasteiger charge is -2.38. The van der Waals surface area contributed by atoms with Gasteiger partial charge in [-0.3, -0.25) is 4.79 Å². The van der Waals surface area contributed by atoms with Crippen molar-refractivity contribution < 1.29 is 45.9 Å². The van der Waals surface area contributed by atoms with Gasteiger partial charge < -0.3 is 24.6 Å². The Morgan fingerprint density at radius 2 is 1.98 bits per heavy atom. The van der Waals surface area contributed by atoms with E-state index < -0.39 is 83.1 Å². The summed E-state index contributed by atoms with van der Waals surface area (Å²) in [6.07, 6.45) is -3.17. The fourth-order valence-electron chi connectivity index (χ4n) is 4.86. The van der Waals surface area contributed by atoms with E-state index in [1.807, 2.05) is 0 Å². The van der Waals surface area contributed by atoms with Crippen molar-refractivity contribution in [2.75, 3.05) is 26.8 Å². The van der Waals surface area contributed by atoms with Crippen LogP contribution in [-0.2, 0) is 20.9 Å². The van der Waals surface area contributed by atoms with Crippen LogP contribution in [0, 0.1) is 11.3 Å². The van der Waals surface area contributed by atoms with Crippen molar-refractivity contribution in [3.05, 3.63) is 29.7 Å². The highest BCUT2D eigenvalue weighted by molar-refractivity contribution is 7.90. The zero-order valence-electron chi connectivity index (χ0n) is 23.4. The Balaban J connectivity index is 1.73. The van der Waals surface area contributed by atoms with Gasteiger partial charge in [0.1, 0.15) is 10.8 Å². The summed E-state index contributed by atoms with van der Waals surface area (Å²) in [4.78, 5) is 30.2. The van der Waals surface area contributed by atoms with E-state index in [9.17, 15) is 41.2 Å². The van der Waals surface area contributed by atoms with Crippen LogP contribution in [-0.4, -0.2) is 84.8 Å². The molecule has 42 heavy (non-hydrogen) atoms. The molecular formula is C25H33F5N6O5S.